The molecule has 0 saturated heterocycles. The first kappa shape index (κ1) is 15.0. The van der Waals surface area contributed by atoms with Gasteiger partial charge in [-0.3, -0.25) is 0 Å². The summed E-state index contributed by atoms with van der Waals surface area (Å²) < 4.78 is 0. The van der Waals surface area contributed by atoms with E-state index in [9.17, 15) is 0 Å². The van der Waals surface area contributed by atoms with E-state index in [0.29, 0.717) is 18.9 Å². The van der Waals surface area contributed by atoms with E-state index in [4.69, 9.17) is 5.11 Å². The number of hydrogen-bond donors (Lipinski definition) is 3. The van der Waals surface area contributed by atoms with Gasteiger partial charge in [0.2, 0.25) is 0 Å². The maximum atomic E-state index is 8.80. The Morgan fingerprint density at radius 2 is 1.90 bits per heavy atom. The summed E-state index contributed by atoms with van der Waals surface area (Å²) >= 11 is 0. The van der Waals surface area contributed by atoms with Crippen LogP contribution in [0.3, 0.4) is 0 Å². The van der Waals surface area contributed by atoms with Crippen LogP contribution in [0.4, 0.5) is 17.5 Å². The van der Waals surface area contributed by atoms with E-state index in [1.54, 1.807) is 12.3 Å². The SMILES string of the molecule is CN(C)c1ncccc1CNc1cc(NCCO)ncn1. The van der Waals surface area contributed by atoms with E-state index in [-0.39, 0.29) is 6.61 Å². The number of aliphatic hydroxyl groups excluding tert-OH is 1. The second kappa shape index (κ2) is 7.39. The highest BCUT2D eigenvalue weighted by atomic mass is 16.3. The molecule has 7 heteroatoms. The summed E-state index contributed by atoms with van der Waals surface area (Å²) in [5, 5.41) is 15.1. The van der Waals surface area contributed by atoms with E-state index in [0.717, 1.165) is 17.2 Å². The number of rotatable bonds is 7. The van der Waals surface area contributed by atoms with Crippen LogP contribution in [-0.2, 0) is 6.54 Å². The van der Waals surface area contributed by atoms with E-state index in [2.05, 4.69) is 25.6 Å². The highest BCUT2D eigenvalue weighted by Crippen LogP contribution is 2.16. The van der Waals surface area contributed by atoms with Crippen molar-refractivity contribution >= 4 is 17.5 Å². The fourth-order valence-corrected chi connectivity index (χ4v) is 1.89. The third-order valence-electron chi connectivity index (χ3n) is 2.84. The minimum absolute atomic E-state index is 0.0641. The lowest BCUT2D eigenvalue weighted by Gasteiger charge is -2.16. The van der Waals surface area contributed by atoms with Gasteiger partial charge in [-0.1, -0.05) is 6.07 Å². The molecule has 112 valence electrons. The summed E-state index contributed by atoms with van der Waals surface area (Å²) in [7, 11) is 3.93. The molecule has 0 unspecified atom stereocenters. The third kappa shape index (κ3) is 4.28. The second-order valence-electron chi connectivity index (χ2n) is 4.67. The summed E-state index contributed by atoms with van der Waals surface area (Å²) in [6.45, 7) is 1.15. The number of nitrogens with zero attached hydrogens (tertiary/aromatic N) is 4. The third-order valence-corrected chi connectivity index (χ3v) is 2.84. The summed E-state index contributed by atoms with van der Waals surface area (Å²) in [5.41, 5.74) is 1.09. The molecule has 0 aliphatic rings. The molecule has 0 fully saturated rings. The molecule has 0 aromatic carbocycles. The van der Waals surface area contributed by atoms with Gasteiger partial charge in [-0.15, -0.1) is 0 Å². The quantitative estimate of drug-likeness (QED) is 0.699. The normalized spacial score (nSPS) is 10.2. The Kier molecular flexibility index (Phi) is 5.28. The van der Waals surface area contributed by atoms with Crippen LogP contribution < -0.4 is 15.5 Å². The highest BCUT2D eigenvalue weighted by Gasteiger charge is 2.05. The topological polar surface area (TPSA) is 86.2 Å². The molecular weight excluding hydrogens is 268 g/mol. The van der Waals surface area contributed by atoms with Crippen molar-refractivity contribution in [3.63, 3.8) is 0 Å². The number of nitrogens with one attached hydrogen (secondary N) is 2. The van der Waals surface area contributed by atoms with Gasteiger partial charge in [0, 0.05) is 45.0 Å². The highest BCUT2D eigenvalue weighted by molar-refractivity contribution is 5.50. The van der Waals surface area contributed by atoms with Crippen LogP contribution in [0.1, 0.15) is 5.56 Å². The molecule has 21 heavy (non-hydrogen) atoms. The van der Waals surface area contributed by atoms with Crippen LogP contribution in [0.15, 0.2) is 30.7 Å². The molecule has 0 aliphatic heterocycles. The zero-order valence-electron chi connectivity index (χ0n) is 12.2. The molecule has 7 nitrogen and oxygen atoms in total. The van der Waals surface area contributed by atoms with Crippen molar-refractivity contribution in [3.8, 4) is 0 Å². The maximum Gasteiger partial charge on any atom is 0.132 e. The Morgan fingerprint density at radius 1 is 1.14 bits per heavy atom. The standard InChI is InChI=1S/C14H20N6O/c1-20(2)14-11(4-3-5-16-14)9-17-13-8-12(15-6-7-21)18-10-19-13/h3-5,8,10,21H,6-7,9H2,1-2H3,(H2,15,17,18,19). The molecule has 0 bridgehead atoms. The number of anilines is 3. The predicted molar refractivity (Wildman–Crippen MR) is 83.5 cm³/mol. The van der Waals surface area contributed by atoms with Gasteiger partial charge in [0.1, 0.15) is 23.8 Å². The van der Waals surface area contributed by atoms with Crippen LogP contribution >= 0.6 is 0 Å². The lowest BCUT2D eigenvalue weighted by Crippen LogP contribution is -2.15. The van der Waals surface area contributed by atoms with Crippen molar-refractivity contribution in [1.82, 2.24) is 15.0 Å². The largest absolute Gasteiger partial charge is 0.395 e. The fraction of sp³-hybridized carbons (Fsp3) is 0.357. The Balaban J connectivity index is 2.03. The molecular formula is C14H20N6O. The lowest BCUT2D eigenvalue weighted by molar-refractivity contribution is 0.311. The van der Waals surface area contributed by atoms with E-state index in [1.165, 1.54) is 6.33 Å². The van der Waals surface area contributed by atoms with Crippen LogP contribution in [0.2, 0.25) is 0 Å². The summed E-state index contributed by atoms with van der Waals surface area (Å²) in [6.07, 6.45) is 3.26. The van der Waals surface area contributed by atoms with Gasteiger partial charge in [0.15, 0.2) is 0 Å². The fourth-order valence-electron chi connectivity index (χ4n) is 1.89. The molecule has 0 amide bonds. The molecule has 0 radical (unpaired) electrons. The Morgan fingerprint density at radius 3 is 2.62 bits per heavy atom. The maximum absolute atomic E-state index is 8.80. The monoisotopic (exact) mass is 288 g/mol. The van der Waals surface area contributed by atoms with Gasteiger partial charge in [0.25, 0.3) is 0 Å². The molecule has 0 spiro atoms. The number of hydrogen-bond acceptors (Lipinski definition) is 7. The zero-order valence-corrected chi connectivity index (χ0v) is 12.2. The van der Waals surface area contributed by atoms with E-state index < -0.39 is 0 Å². The van der Waals surface area contributed by atoms with Crippen molar-refractivity contribution in [2.75, 3.05) is 42.8 Å². The summed E-state index contributed by atoms with van der Waals surface area (Å²) in [5.74, 6) is 2.33. The smallest absolute Gasteiger partial charge is 0.132 e. The zero-order chi connectivity index (χ0) is 15.1. The average molecular weight is 288 g/mol. The molecule has 2 rings (SSSR count). The number of pyridine rings is 1. The second-order valence-corrected chi connectivity index (χ2v) is 4.67. The van der Waals surface area contributed by atoms with Crippen LogP contribution in [0.25, 0.3) is 0 Å². The minimum Gasteiger partial charge on any atom is -0.395 e. The molecule has 2 heterocycles. The van der Waals surface area contributed by atoms with Crippen molar-refractivity contribution < 1.29 is 5.11 Å². The minimum atomic E-state index is 0.0641. The van der Waals surface area contributed by atoms with E-state index in [1.807, 2.05) is 31.1 Å². The summed E-state index contributed by atoms with van der Waals surface area (Å²) in [4.78, 5) is 14.6. The molecule has 0 atom stereocenters. The first-order chi connectivity index (χ1) is 10.2. The molecule has 3 N–H and O–H groups in total. The van der Waals surface area contributed by atoms with Gasteiger partial charge in [-0.2, -0.15) is 0 Å². The van der Waals surface area contributed by atoms with E-state index >= 15 is 0 Å². The first-order valence-corrected chi connectivity index (χ1v) is 6.72. The number of aliphatic hydroxyl groups is 1. The van der Waals surface area contributed by atoms with Crippen molar-refractivity contribution in [1.29, 1.82) is 0 Å². The van der Waals surface area contributed by atoms with Crippen molar-refractivity contribution in [3.05, 3.63) is 36.3 Å². The van der Waals surface area contributed by atoms with Crippen LogP contribution in [-0.4, -0.2) is 47.3 Å². The average Bonchev–Trinajstić information content (AvgIpc) is 2.51. The van der Waals surface area contributed by atoms with Crippen molar-refractivity contribution in [2.45, 2.75) is 6.54 Å². The van der Waals surface area contributed by atoms with Gasteiger partial charge < -0.3 is 20.6 Å². The molecule has 0 aliphatic carbocycles. The lowest BCUT2D eigenvalue weighted by atomic mass is 10.2. The van der Waals surface area contributed by atoms with Gasteiger partial charge in [0.05, 0.1) is 6.61 Å². The molecule has 0 saturated carbocycles. The van der Waals surface area contributed by atoms with Crippen LogP contribution in [0, 0.1) is 0 Å². The van der Waals surface area contributed by atoms with Crippen molar-refractivity contribution in [2.24, 2.45) is 0 Å². The molecule has 2 aromatic heterocycles. The van der Waals surface area contributed by atoms with Gasteiger partial charge in [-0.05, 0) is 6.07 Å². The van der Waals surface area contributed by atoms with Gasteiger partial charge >= 0.3 is 0 Å². The first-order valence-electron chi connectivity index (χ1n) is 6.72. The van der Waals surface area contributed by atoms with Crippen LogP contribution in [0.5, 0.6) is 0 Å². The predicted octanol–water partition coefficient (Wildman–Crippen LogP) is 0.954. The number of aromatic nitrogens is 3. The molecule has 2 aromatic rings. The summed E-state index contributed by atoms with van der Waals surface area (Å²) in [6, 6.07) is 5.75. The Labute approximate surface area is 124 Å². The Hall–Kier alpha value is -2.41. The van der Waals surface area contributed by atoms with Gasteiger partial charge in [-0.25, -0.2) is 15.0 Å². The Bertz CT molecular complexity index is 575.